The lowest BCUT2D eigenvalue weighted by molar-refractivity contribution is 0.172. The summed E-state index contributed by atoms with van der Waals surface area (Å²) in [6.07, 6.45) is 7.56. The number of rotatable bonds is 7. The monoisotopic (exact) mass is 589 g/mol. The maximum absolute atomic E-state index is 16.1. The molecule has 1 atom stereocenters. The molecule has 218 valence electrons. The van der Waals surface area contributed by atoms with E-state index in [2.05, 4.69) is 14.6 Å². The highest BCUT2D eigenvalue weighted by Crippen LogP contribution is 2.42. The maximum Gasteiger partial charge on any atom is 0.213 e. The van der Waals surface area contributed by atoms with Gasteiger partial charge in [-0.15, -0.1) is 9.53 Å². The molecule has 0 bridgehead atoms. The van der Waals surface area contributed by atoms with E-state index >= 15 is 4.39 Å². The second-order valence-electron chi connectivity index (χ2n) is 11.1. The summed E-state index contributed by atoms with van der Waals surface area (Å²) in [6.45, 7) is 1.86. The molecule has 12 heteroatoms. The Morgan fingerprint density at radius 2 is 1.80 bits per heavy atom. The van der Waals surface area contributed by atoms with Crippen molar-refractivity contribution in [1.82, 2.24) is 19.7 Å². The van der Waals surface area contributed by atoms with Gasteiger partial charge in [0.2, 0.25) is 5.95 Å². The highest BCUT2D eigenvalue weighted by Gasteiger charge is 2.35. The van der Waals surface area contributed by atoms with Crippen molar-refractivity contribution in [3.8, 4) is 22.4 Å². The minimum absolute atomic E-state index is 0.000802. The Labute approximate surface area is 235 Å². The van der Waals surface area contributed by atoms with Crippen molar-refractivity contribution >= 4 is 15.2 Å². The number of likely N-dealkylation sites (tertiary alicyclic amines) is 1. The molecule has 7 nitrogen and oxygen atoms in total. The van der Waals surface area contributed by atoms with E-state index in [9.17, 15) is 21.9 Å². The second-order valence-corrected chi connectivity index (χ2v) is 14.4. The van der Waals surface area contributed by atoms with Gasteiger partial charge in [0.15, 0.2) is 5.82 Å². The van der Waals surface area contributed by atoms with Crippen molar-refractivity contribution in [2.45, 2.75) is 50.4 Å². The summed E-state index contributed by atoms with van der Waals surface area (Å²) in [5.74, 6) is -2.65. The van der Waals surface area contributed by atoms with Gasteiger partial charge in [0.25, 0.3) is 0 Å². The minimum atomic E-state index is -5.23. The average molecular weight is 590 g/mol. The Bertz CT molecular complexity index is 1620. The molecule has 1 saturated heterocycles. The summed E-state index contributed by atoms with van der Waals surface area (Å²) >= 11 is 0. The highest BCUT2D eigenvalue weighted by molar-refractivity contribution is 8.19. The van der Waals surface area contributed by atoms with Crippen molar-refractivity contribution in [2.75, 3.05) is 24.1 Å². The van der Waals surface area contributed by atoms with Gasteiger partial charge in [-0.2, -0.15) is 13.7 Å². The van der Waals surface area contributed by atoms with E-state index in [1.807, 2.05) is 0 Å². The normalized spacial score (nSPS) is 21.6. The van der Waals surface area contributed by atoms with Crippen LogP contribution in [0.5, 0.6) is 0 Å². The molecule has 3 aromatic rings. The Hall–Kier alpha value is -3.35. The number of hydrogen-bond donors (Lipinski definition) is 2. The van der Waals surface area contributed by atoms with Gasteiger partial charge >= 0.3 is 0 Å². The Morgan fingerprint density at radius 3 is 2.51 bits per heavy atom. The predicted molar refractivity (Wildman–Crippen MR) is 151 cm³/mol. The van der Waals surface area contributed by atoms with Crippen LogP contribution in [0.15, 0.2) is 65.6 Å². The molecule has 1 aliphatic heterocycles. The summed E-state index contributed by atoms with van der Waals surface area (Å²) in [4.78, 5) is 5.43. The first-order valence-corrected chi connectivity index (χ1v) is 15.9. The summed E-state index contributed by atoms with van der Waals surface area (Å²) in [6, 6.07) is 7.75. The highest BCUT2D eigenvalue weighted by atomic mass is 32.3. The number of alkyl halides is 1. The zero-order valence-electron chi connectivity index (χ0n) is 22.4. The summed E-state index contributed by atoms with van der Waals surface area (Å²) in [7, 11) is -5.23. The van der Waals surface area contributed by atoms with Crippen LogP contribution >= 0.6 is 0 Å². The van der Waals surface area contributed by atoms with Crippen LogP contribution in [0.25, 0.3) is 22.4 Å². The van der Waals surface area contributed by atoms with Crippen LogP contribution in [0.4, 0.5) is 23.2 Å². The van der Waals surface area contributed by atoms with Gasteiger partial charge in [-0.25, -0.2) is 18.2 Å². The van der Waals surface area contributed by atoms with Crippen molar-refractivity contribution in [1.29, 1.82) is 0 Å². The fraction of sp³-hybridized carbons (Fsp3) is 0.379. The molecule has 1 aromatic carbocycles. The van der Waals surface area contributed by atoms with E-state index in [-0.39, 0.29) is 23.0 Å². The third-order valence-corrected chi connectivity index (χ3v) is 10.2. The van der Waals surface area contributed by atoms with E-state index in [4.69, 9.17) is 5.10 Å². The van der Waals surface area contributed by atoms with E-state index in [1.165, 1.54) is 43.3 Å². The topological polar surface area (TPSA) is 83.3 Å². The Kier molecular flexibility index (Phi) is 6.90. The predicted octanol–water partition coefficient (Wildman–Crippen LogP) is 6.42. The van der Waals surface area contributed by atoms with Gasteiger partial charge in [-0.1, -0.05) is 6.07 Å². The molecular weight excluding hydrogens is 558 g/mol. The van der Waals surface area contributed by atoms with Crippen molar-refractivity contribution in [3.63, 3.8) is 0 Å². The number of nitrogens with one attached hydrogen (secondary N) is 1. The maximum atomic E-state index is 16.1. The number of halogens is 4. The Balaban J connectivity index is 1.38. The Morgan fingerprint density at radius 1 is 1.05 bits per heavy atom. The van der Waals surface area contributed by atoms with E-state index in [0.717, 1.165) is 44.3 Å². The molecule has 0 spiro atoms. The zero-order valence-corrected chi connectivity index (χ0v) is 23.3. The van der Waals surface area contributed by atoms with Crippen LogP contribution in [-0.4, -0.2) is 60.0 Å². The third kappa shape index (κ3) is 5.60. The molecule has 6 rings (SSSR count). The van der Waals surface area contributed by atoms with Gasteiger partial charge < -0.3 is 4.90 Å². The minimum Gasteiger partial charge on any atom is -0.300 e. The number of aromatic nitrogens is 3. The smallest absolute Gasteiger partial charge is 0.213 e. The lowest BCUT2D eigenvalue weighted by Gasteiger charge is -2.43. The van der Waals surface area contributed by atoms with E-state index < -0.39 is 44.6 Å². The standard InChI is InChI=1S/C29H31F4N5O2S/c1-41(39,40,26-16-19(30)5-8-24(26)31)36-25-4-2-3-22(28(25)33)29-23(18-9-12-34-27(32)15-18)17-38(35-29)21-10-13-37(14-11-21)20-6-7-20/h2-5,8-9,12,15,17,19-21H,6-7,10-11,13-14,16H2,1H3,(H2,36,39,40). The largest absolute Gasteiger partial charge is 0.300 e. The van der Waals surface area contributed by atoms with Gasteiger partial charge in [-0.3, -0.25) is 14.0 Å². The number of allylic oxidation sites excluding steroid dienone is 4. The van der Waals surface area contributed by atoms with Crippen LogP contribution in [0.3, 0.4) is 0 Å². The molecule has 2 aromatic heterocycles. The number of piperidine rings is 1. The lowest BCUT2D eigenvalue weighted by atomic mass is 10.0. The summed E-state index contributed by atoms with van der Waals surface area (Å²) in [5.41, 5.74) is 0.752. The molecule has 1 saturated carbocycles. The summed E-state index contributed by atoms with van der Waals surface area (Å²) < 4.78 is 87.5. The van der Waals surface area contributed by atoms with Gasteiger partial charge in [0.1, 0.15) is 17.7 Å². The van der Waals surface area contributed by atoms with Crippen LogP contribution < -0.4 is 4.72 Å². The number of nitrogens with zero attached hydrogens (tertiary/aromatic N) is 4. The molecule has 0 amide bonds. The third-order valence-electron chi connectivity index (χ3n) is 7.99. The van der Waals surface area contributed by atoms with Crippen molar-refractivity contribution in [2.24, 2.45) is 0 Å². The molecule has 41 heavy (non-hydrogen) atoms. The van der Waals surface area contributed by atoms with Crippen molar-refractivity contribution < 1.29 is 26.3 Å². The summed E-state index contributed by atoms with van der Waals surface area (Å²) in [5, 5.41) is 4.75. The quantitative estimate of drug-likeness (QED) is 0.246. The van der Waals surface area contributed by atoms with Gasteiger partial charge in [-0.05, 0) is 61.6 Å². The molecule has 3 heterocycles. The molecule has 2 fully saturated rings. The molecule has 2 N–H and O–H groups in total. The zero-order chi connectivity index (χ0) is 29.0. The van der Waals surface area contributed by atoms with Crippen molar-refractivity contribution in [3.05, 3.63) is 77.4 Å². The number of pyridine rings is 1. The first-order valence-electron chi connectivity index (χ1n) is 13.6. The first kappa shape index (κ1) is 27.8. The SMILES string of the molecule is CS(=O)(O)(Nc1cccc(-c2nn(C3CCN(C4CC4)CC3)cc2-c2ccnc(F)c2)c1F)C1=C(F)C=CC(F)C1. The second kappa shape index (κ2) is 10.2. The van der Waals surface area contributed by atoms with Crippen LogP contribution in [0, 0.1) is 11.8 Å². The molecule has 2 aliphatic carbocycles. The van der Waals surface area contributed by atoms with Gasteiger partial charge in [0, 0.05) is 61.4 Å². The average Bonchev–Trinajstić information content (AvgIpc) is 3.69. The van der Waals surface area contributed by atoms with Gasteiger partial charge in [0.05, 0.1) is 16.6 Å². The number of hydrogen-bond acceptors (Lipinski definition) is 4. The van der Waals surface area contributed by atoms with Crippen LogP contribution in [0.2, 0.25) is 0 Å². The molecular formula is C29H31F4N5O2S. The van der Waals surface area contributed by atoms with E-state index in [1.54, 1.807) is 16.9 Å². The molecule has 3 aliphatic rings. The first-order chi connectivity index (χ1) is 19.5. The molecule has 1 unspecified atom stereocenters. The number of benzene rings is 1. The fourth-order valence-corrected chi connectivity index (χ4v) is 7.56. The fourth-order valence-electron chi connectivity index (χ4n) is 5.68. The van der Waals surface area contributed by atoms with Crippen LogP contribution in [-0.2, 0) is 9.53 Å². The number of anilines is 1. The lowest BCUT2D eigenvalue weighted by Crippen LogP contribution is -2.42. The molecule has 0 radical (unpaired) electrons. The van der Waals surface area contributed by atoms with E-state index in [0.29, 0.717) is 17.2 Å². The van der Waals surface area contributed by atoms with Crippen LogP contribution in [0.1, 0.15) is 38.1 Å².